The van der Waals surface area contributed by atoms with Crippen LogP contribution in [0.1, 0.15) is 0 Å². The van der Waals surface area contributed by atoms with E-state index in [1.54, 1.807) is 0 Å². The molecule has 0 heterocycles. The molecule has 0 aromatic rings. The van der Waals surface area contributed by atoms with E-state index in [1.807, 2.05) is 0 Å². The zero-order valence-electron chi connectivity index (χ0n) is 5.79. The molecule has 0 aromatic heterocycles. The van der Waals surface area contributed by atoms with E-state index in [9.17, 15) is 9.18 Å². The summed E-state index contributed by atoms with van der Waals surface area (Å²) in [5, 5.41) is 11.2. The molecule has 0 radical (unpaired) electrons. The van der Waals surface area contributed by atoms with Crippen molar-refractivity contribution < 1.29 is 19.1 Å². The van der Waals surface area contributed by atoms with Crippen molar-refractivity contribution in [2.24, 2.45) is 5.16 Å². The average Bonchev–Trinajstić information content (AvgIpc) is 1.97. The van der Waals surface area contributed by atoms with Crippen LogP contribution in [0.4, 0.5) is 4.39 Å². The first-order valence-corrected chi connectivity index (χ1v) is 2.81. The summed E-state index contributed by atoms with van der Waals surface area (Å²) < 4.78 is 11.7. The van der Waals surface area contributed by atoms with E-state index in [2.05, 4.69) is 16.6 Å². The van der Waals surface area contributed by atoms with Crippen molar-refractivity contribution in [1.82, 2.24) is 0 Å². The molecule has 0 amide bonds. The number of carbonyl (C=O) groups is 1. The number of carboxylic acid groups (broad SMARTS) is 1. The van der Waals surface area contributed by atoms with Crippen LogP contribution in [-0.4, -0.2) is 30.1 Å². The van der Waals surface area contributed by atoms with E-state index in [0.29, 0.717) is 0 Å². The van der Waals surface area contributed by atoms with Crippen molar-refractivity contribution in [2.75, 3.05) is 13.3 Å². The second-order valence-corrected chi connectivity index (χ2v) is 1.56. The number of alkyl halides is 1. The number of hydrogen-bond donors (Lipinski definition) is 1. The van der Waals surface area contributed by atoms with Crippen molar-refractivity contribution >= 4 is 11.7 Å². The third-order valence-electron chi connectivity index (χ3n) is 0.741. The molecule has 11 heavy (non-hydrogen) atoms. The van der Waals surface area contributed by atoms with Gasteiger partial charge in [-0.25, -0.2) is 9.18 Å². The lowest BCUT2D eigenvalue weighted by molar-refractivity contribution is -0.129. The predicted molar refractivity (Wildman–Crippen MR) is 37.2 cm³/mol. The fourth-order valence-corrected chi connectivity index (χ4v) is 0.288. The van der Waals surface area contributed by atoms with E-state index in [-0.39, 0.29) is 6.61 Å². The Hall–Kier alpha value is -1.39. The van der Waals surface area contributed by atoms with Crippen LogP contribution in [0.25, 0.3) is 0 Å². The largest absolute Gasteiger partial charge is 0.477 e. The average molecular weight is 161 g/mol. The zero-order chi connectivity index (χ0) is 8.69. The maximum atomic E-state index is 11.7. The first-order valence-electron chi connectivity index (χ1n) is 2.81. The highest BCUT2D eigenvalue weighted by Gasteiger charge is 2.08. The molecular weight excluding hydrogens is 153 g/mol. The summed E-state index contributed by atoms with van der Waals surface area (Å²) >= 11 is 0. The van der Waals surface area contributed by atoms with E-state index in [1.165, 1.54) is 6.08 Å². The van der Waals surface area contributed by atoms with Gasteiger partial charge < -0.3 is 9.94 Å². The van der Waals surface area contributed by atoms with Gasteiger partial charge in [-0.2, -0.15) is 0 Å². The van der Waals surface area contributed by atoms with Gasteiger partial charge in [-0.05, 0) is 0 Å². The molecule has 0 aliphatic rings. The number of carboxylic acids is 1. The SMILES string of the molecule is C=CCON=C(CF)C(=O)O. The number of nitrogens with zero attached hydrogens (tertiary/aromatic N) is 1. The van der Waals surface area contributed by atoms with Gasteiger partial charge in [0.1, 0.15) is 13.3 Å². The van der Waals surface area contributed by atoms with Gasteiger partial charge in [-0.15, -0.1) is 0 Å². The van der Waals surface area contributed by atoms with E-state index in [0.717, 1.165) is 0 Å². The van der Waals surface area contributed by atoms with Crippen molar-refractivity contribution in [2.45, 2.75) is 0 Å². The van der Waals surface area contributed by atoms with Gasteiger partial charge in [-0.3, -0.25) is 0 Å². The summed E-state index contributed by atoms with van der Waals surface area (Å²) in [6, 6.07) is 0. The van der Waals surface area contributed by atoms with Crippen LogP contribution >= 0.6 is 0 Å². The van der Waals surface area contributed by atoms with Gasteiger partial charge in [0.25, 0.3) is 0 Å². The lowest BCUT2D eigenvalue weighted by atomic mass is 10.4. The number of halogens is 1. The van der Waals surface area contributed by atoms with Crippen LogP contribution in [0.3, 0.4) is 0 Å². The molecule has 0 atom stereocenters. The topological polar surface area (TPSA) is 58.9 Å². The van der Waals surface area contributed by atoms with E-state index >= 15 is 0 Å². The second kappa shape index (κ2) is 5.40. The Balaban J connectivity index is 3.90. The Morgan fingerprint density at radius 1 is 1.82 bits per heavy atom. The van der Waals surface area contributed by atoms with Crippen LogP contribution in [0.5, 0.6) is 0 Å². The summed E-state index contributed by atoms with van der Waals surface area (Å²) in [7, 11) is 0. The summed E-state index contributed by atoms with van der Waals surface area (Å²) in [6.07, 6.45) is 1.38. The number of rotatable bonds is 5. The normalized spacial score (nSPS) is 10.8. The molecule has 0 saturated heterocycles. The Morgan fingerprint density at radius 2 is 2.45 bits per heavy atom. The quantitative estimate of drug-likeness (QED) is 0.278. The van der Waals surface area contributed by atoms with Crippen LogP contribution in [-0.2, 0) is 9.63 Å². The Bertz CT molecular complexity index is 179. The molecule has 0 fully saturated rings. The molecule has 0 aliphatic carbocycles. The minimum atomic E-state index is -1.42. The number of aliphatic carboxylic acids is 1. The van der Waals surface area contributed by atoms with Gasteiger partial charge in [0.15, 0.2) is 5.71 Å². The number of hydrogen-bond acceptors (Lipinski definition) is 3. The molecule has 0 bridgehead atoms. The molecule has 0 aliphatic heterocycles. The third-order valence-corrected chi connectivity index (χ3v) is 0.741. The predicted octanol–water partition coefficient (Wildman–Crippen LogP) is 0.599. The lowest BCUT2D eigenvalue weighted by Crippen LogP contribution is -2.15. The highest BCUT2D eigenvalue weighted by atomic mass is 19.1. The molecular formula is C6H8FNO3. The molecule has 62 valence electrons. The van der Waals surface area contributed by atoms with Gasteiger partial charge >= 0.3 is 5.97 Å². The summed E-state index contributed by atoms with van der Waals surface area (Å²) in [5.41, 5.74) is -0.646. The van der Waals surface area contributed by atoms with Gasteiger partial charge in [0.05, 0.1) is 0 Å². The van der Waals surface area contributed by atoms with Crippen molar-refractivity contribution in [3.05, 3.63) is 12.7 Å². The fraction of sp³-hybridized carbons (Fsp3) is 0.333. The standard InChI is InChI=1S/C6H8FNO3/c1-2-3-11-8-5(4-7)6(9)10/h2H,1,3-4H2,(H,9,10). The molecule has 0 unspecified atom stereocenters. The smallest absolute Gasteiger partial charge is 0.356 e. The summed E-state index contributed by atoms with van der Waals surface area (Å²) in [6.45, 7) is 2.21. The monoisotopic (exact) mass is 161 g/mol. The van der Waals surface area contributed by atoms with Gasteiger partial charge in [-0.1, -0.05) is 17.8 Å². The molecule has 0 aromatic carbocycles. The van der Waals surface area contributed by atoms with Crippen LogP contribution in [0.2, 0.25) is 0 Å². The molecule has 0 saturated carbocycles. The Morgan fingerprint density at radius 3 is 2.82 bits per heavy atom. The first-order chi connectivity index (χ1) is 5.22. The minimum Gasteiger partial charge on any atom is -0.477 e. The summed E-state index contributed by atoms with van der Waals surface area (Å²) in [5.74, 6) is -1.42. The molecule has 1 N–H and O–H groups in total. The molecule has 0 spiro atoms. The van der Waals surface area contributed by atoms with Crippen LogP contribution in [0.15, 0.2) is 17.8 Å². The van der Waals surface area contributed by atoms with Crippen molar-refractivity contribution in [3.63, 3.8) is 0 Å². The summed E-state index contributed by atoms with van der Waals surface area (Å²) in [4.78, 5) is 14.4. The maximum Gasteiger partial charge on any atom is 0.356 e. The Labute approximate surface area is 63.0 Å². The minimum absolute atomic E-state index is 0.0663. The molecule has 4 nitrogen and oxygen atoms in total. The van der Waals surface area contributed by atoms with E-state index < -0.39 is 18.4 Å². The second-order valence-electron chi connectivity index (χ2n) is 1.56. The highest BCUT2D eigenvalue weighted by molar-refractivity contribution is 6.36. The van der Waals surface area contributed by atoms with Gasteiger partial charge in [0, 0.05) is 0 Å². The van der Waals surface area contributed by atoms with E-state index in [4.69, 9.17) is 5.11 Å². The maximum absolute atomic E-state index is 11.7. The Kier molecular flexibility index (Phi) is 4.72. The number of oxime groups is 1. The zero-order valence-corrected chi connectivity index (χ0v) is 5.79. The van der Waals surface area contributed by atoms with Gasteiger partial charge in [0.2, 0.25) is 0 Å². The van der Waals surface area contributed by atoms with Crippen LogP contribution < -0.4 is 0 Å². The lowest BCUT2D eigenvalue weighted by Gasteiger charge is -1.94. The fourth-order valence-electron chi connectivity index (χ4n) is 0.288. The highest BCUT2D eigenvalue weighted by Crippen LogP contribution is 1.84. The molecule has 0 rings (SSSR count). The van der Waals surface area contributed by atoms with Crippen molar-refractivity contribution in [1.29, 1.82) is 0 Å². The van der Waals surface area contributed by atoms with Crippen molar-refractivity contribution in [3.8, 4) is 0 Å². The molecule has 5 heteroatoms. The third kappa shape index (κ3) is 4.07. The first kappa shape index (κ1) is 9.61. The van der Waals surface area contributed by atoms with Crippen LogP contribution in [0, 0.1) is 0 Å².